The van der Waals surface area contributed by atoms with Crippen LogP contribution in [0.15, 0.2) is 48.8 Å². The van der Waals surface area contributed by atoms with E-state index in [0.29, 0.717) is 11.8 Å². The van der Waals surface area contributed by atoms with Crippen LogP contribution in [0.3, 0.4) is 0 Å². The summed E-state index contributed by atoms with van der Waals surface area (Å²) in [7, 11) is 1.97. The molecule has 34 heavy (non-hydrogen) atoms. The SMILES string of the molecule is CC(C)n1ncc2ccc(Nc3nc(N[C@H]4[C@@H](C(N)=O)[C@@H]5C=C[C@H]4C5)c4c(ccn4C)n3)cc21. The molecule has 174 valence electrons. The number of aromatic nitrogens is 5. The summed E-state index contributed by atoms with van der Waals surface area (Å²) in [6.45, 7) is 4.22. The minimum absolute atomic E-state index is 0.0786. The van der Waals surface area contributed by atoms with Crippen LogP contribution in [0, 0.1) is 17.8 Å². The number of amides is 1. The van der Waals surface area contributed by atoms with Gasteiger partial charge in [-0.25, -0.2) is 4.98 Å². The number of anilines is 3. The molecule has 0 aliphatic heterocycles. The molecule has 0 spiro atoms. The lowest BCUT2D eigenvalue weighted by Gasteiger charge is -2.27. The van der Waals surface area contributed by atoms with Crippen molar-refractivity contribution in [3.63, 3.8) is 0 Å². The Morgan fingerprint density at radius 2 is 2.00 bits per heavy atom. The summed E-state index contributed by atoms with van der Waals surface area (Å²) in [5.41, 5.74) is 9.44. The number of aryl methyl sites for hydroxylation is 1. The topological polar surface area (TPSA) is 116 Å². The number of rotatable bonds is 6. The Kier molecular flexibility index (Phi) is 4.62. The molecule has 1 amide bonds. The highest BCUT2D eigenvalue weighted by Crippen LogP contribution is 2.45. The second-order valence-corrected chi connectivity index (χ2v) is 9.68. The van der Waals surface area contributed by atoms with E-state index in [1.807, 2.05) is 46.9 Å². The third kappa shape index (κ3) is 3.22. The lowest BCUT2D eigenvalue weighted by molar-refractivity contribution is -0.122. The molecule has 0 saturated heterocycles. The third-order valence-electron chi connectivity index (χ3n) is 7.15. The lowest BCUT2D eigenvalue weighted by atomic mass is 9.88. The van der Waals surface area contributed by atoms with E-state index in [4.69, 9.17) is 15.7 Å². The zero-order valence-electron chi connectivity index (χ0n) is 19.4. The molecule has 3 heterocycles. The zero-order valence-corrected chi connectivity index (χ0v) is 19.4. The van der Waals surface area contributed by atoms with Crippen LogP contribution in [-0.4, -0.2) is 36.3 Å². The van der Waals surface area contributed by atoms with Crippen LogP contribution in [0.2, 0.25) is 0 Å². The first-order chi connectivity index (χ1) is 16.4. The Morgan fingerprint density at radius 3 is 2.79 bits per heavy atom. The third-order valence-corrected chi connectivity index (χ3v) is 7.15. The first-order valence-corrected chi connectivity index (χ1v) is 11.7. The molecule has 9 nitrogen and oxygen atoms in total. The number of fused-ring (bicyclic) bond motifs is 4. The maximum absolute atomic E-state index is 12.2. The maximum atomic E-state index is 12.2. The summed E-state index contributed by atoms with van der Waals surface area (Å²) in [6.07, 6.45) is 9.11. The van der Waals surface area contributed by atoms with Crippen LogP contribution in [0.5, 0.6) is 0 Å². The van der Waals surface area contributed by atoms with Crippen molar-refractivity contribution >= 4 is 45.3 Å². The van der Waals surface area contributed by atoms with Gasteiger partial charge in [0.25, 0.3) is 0 Å². The molecule has 4 aromatic rings. The van der Waals surface area contributed by atoms with Crippen LogP contribution in [0.1, 0.15) is 26.3 Å². The Morgan fingerprint density at radius 1 is 1.18 bits per heavy atom. The number of nitrogens with two attached hydrogens (primary N) is 1. The Hall–Kier alpha value is -3.88. The van der Waals surface area contributed by atoms with Crippen molar-refractivity contribution in [2.75, 3.05) is 10.6 Å². The fourth-order valence-corrected chi connectivity index (χ4v) is 5.57. The van der Waals surface area contributed by atoms with Crippen LogP contribution >= 0.6 is 0 Å². The number of carbonyl (C=O) groups excluding carboxylic acids is 1. The van der Waals surface area contributed by atoms with E-state index >= 15 is 0 Å². The van der Waals surface area contributed by atoms with Crippen LogP contribution in [-0.2, 0) is 11.8 Å². The van der Waals surface area contributed by atoms with Crippen LogP contribution in [0.4, 0.5) is 17.5 Å². The maximum Gasteiger partial charge on any atom is 0.229 e. The number of nitrogens with zero attached hydrogens (tertiary/aromatic N) is 5. The highest BCUT2D eigenvalue weighted by Gasteiger charge is 2.47. The number of benzene rings is 1. The largest absolute Gasteiger partial charge is 0.369 e. The van der Waals surface area contributed by atoms with Crippen molar-refractivity contribution in [3.05, 3.63) is 48.8 Å². The quantitative estimate of drug-likeness (QED) is 0.381. The van der Waals surface area contributed by atoms with Crippen molar-refractivity contribution in [1.29, 1.82) is 0 Å². The number of hydrogen-bond acceptors (Lipinski definition) is 6. The van der Waals surface area contributed by atoms with Gasteiger partial charge in [0, 0.05) is 36.4 Å². The van der Waals surface area contributed by atoms with Gasteiger partial charge < -0.3 is 20.9 Å². The van der Waals surface area contributed by atoms with E-state index < -0.39 is 0 Å². The lowest BCUT2D eigenvalue weighted by Crippen LogP contribution is -2.41. The van der Waals surface area contributed by atoms with Gasteiger partial charge in [-0.05, 0) is 56.4 Å². The van der Waals surface area contributed by atoms with Gasteiger partial charge in [-0.2, -0.15) is 10.1 Å². The molecule has 2 aliphatic rings. The van der Waals surface area contributed by atoms with Crippen molar-refractivity contribution < 1.29 is 4.79 Å². The first kappa shape index (κ1) is 20.7. The second kappa shape index (κ2) is 7.58. The number of primary amides is 1. The van der Waals surface area contributed by atoms with Gasteiger partial charge in [-0.1, -0.05) is 12.2 Å². The molecule has 1 saturated carbocycles. The van der Waals surface area contributed by atoms with Gasteiger partial charge in [0.05, 0.1) is 23.1 Å². The summed E-state index contributed by atoms with van der Waals surface area (Å²) < 4.78 is 4.00. The molecule has 1 aromatic carbocycles. The molecule has 6 rings (SSSR count). The minimum Gasteiger partial charge on any atom is -0.369 e. The predicted octanol–water partition coefficient (Wildman–Crippen LogP) is 3.73. The molecular weight excluding hydrogens is 428 g/mol. The molecule has 0 unspecified atom stereocenters. The molecule has 1 fully saturated rings. The Bertz CT molecular complexity index is 1450. The normalized spacial score (nSPS) is 23.4. The second-order valence-electron chi connectivity index (χ2n) is 9.68. The van der Waals surface area contributed by atoms with Gasteiger partial charge in [0.2, 0.25) is 11.9 Å². The molecule has 2 aliphatic carbocycles. The minimum atomic E-state index is -0.264. The standard InChI is InChI=1S/C25H28N8O/c1-13(2)33-19-11-17(7-6-16(19)12-27-33)28-25-29-18-8-9-32(3)22(18)24(31-25)30-21-15-5-4-14(10-15)20(21)23(26)34/h4-9,11-15,20-21H,10H2,1-3H3,(H2,26,34)(H2,28,29,30,31)/t14-,15+,20+,21-/m1/s1. The van der Waals surface area contributed by atoms with E-state index in [0.717, 1.165) is 34.0 Å². The monoisotopic (exact) mass is 456 g/mol. The van der Waals surface area contributed by atoms with E-state index in [9.17, 15) is 4.79 Å². The van der Waals surface area contributed by atoms with Crippen molar-refractivity contribution in [1.82, 2.24) is 24.3 Å². The van der Waals surface area contributed by atoms with Gasteiger partial charge in [0.15, 0.2) is 5.82 Å². The molecule has 2 bridgehead atoms. The molecule has 4 N–H and O–H groups in total. The Balaban J connectivity index is 1.37. The number of hydrogen-bond donors (Lipinski definition) is 3. The van der Waals surface area contributed by atoms with E-state index in [2.05, 4.69) is 47.8 Å². The molecule has 0 radical (unpaired) electrons. The van der Waals surface area contributed by atoms with Gasteiger partial charge in [0.1, 0.15) is 5.52 Å². The molecule has 4 atom stereocenters. The van der Waals surface area contributed by atoms with E-state index in [-0.39, 0.29) is 35.7 Å². The molecule has 3 aromatic heterocycles. The summed E-state index contributed by atoms with van der Waals surface area (Å²) in [4.78, 5) is 21.8. The first-order valence-electron chi connectivity index (χ1n) is 11.7. The fraction of sp³-hybridized carbons (Fsp3) is 0.360. The summed E-state index contributed by atoms with van der Waals surface area (Å²) in [6, 6.07) is 8.26. The number of carbonyl (C=O) groups is 1. The van der Waals surface area contributed by atoms with Gasteiger partial charge >= 0.3 is 0 Å². The smallest absolute Gasteiger partial charge is 0.229 e. The van der Waals surface area contributed by atoms with Crippen molar-refractivity contribution in [2.45, 2.75) is 32.4 Å². The summed E-state index contributed by atoms with van der Waals surface area (Å²) in [5.74, 6) is 1.15. The molecule has 9 heteroatoms. The zero-order chi connectivity index (χ0) is 23.6. The number of allylic oxidation sites excluding steroid dienone is 1. The highest BCUT2D eigenvalue weighted by molar-refractivity contribution is 5.89. The summed E-state index contributed by atoms with van der Waals surface area (Å²) >= 11 is 0. The fourth-order valence-electron chi connectivity index (χ4n) is 5.57. The van der Waals surface area contributed by atoms with Gasteiger partial charge in [-0.3, -0.25) is 9.48 Å². The van der Waals surface area contributed by atoms with Crippen LogP contribution in [0.25, 0.3) is 21.9 Å². The van der Waals surface area contributed by atoms with E-state index in [1.165, 1.54) is 0 Å². The summed E-state index contributed by atoms with van der Waals surface area (Å²) in [5, 5.41) is 12.5. The van der Waals surface area contributed by atoms with Crippen LogP contribution < -0.4 is 16.4 Å². The van der Waals surface area contributed by atoms with Crippen molar-refractivity contribution in [3.8, 4) is 0 Å². The molecular formula is C25H28N8O. The predicted molar refractivity (Wildman–Crippen MR) is 133 cm³/mol. The van der Waals surface area contributed by atoms with Crippen molar-refractivity contribution in [2.24, 2.45) is 30.5 Å². The Labute approximate surface area is 197 Å². The van der Waals surface area contributed by atoms with E-state index in [1.54, 1.807) is 0 Å². The number of nitrogens with one attached hydrogen (secondary N) is 2. The average Bonchev–Trinajstić information content (AvgIpc) is 3.56. The van der Waals surface area contributed by atoms with Gasteiger partial charge in [-0.15, -0.1) is 0 Å². The average molecular weight is 457 g/mol. The highest BCUT2D eigenvalue weighted by atomic mass is 16.1.